The maximum Gasteiger partial charge on any atom is 0.407 e. The molecule has 0 bridgehead atoms. The number of hydrogen-bond donors (Lipinski definition) is 2. The molecular weight excluding hydrogens is 334 g/mol. The topological polar surface area (TPSA) is 77.2 Å². The zero-order chi connectivity index (χ0) is 19.0. The van der Waals surface area contributed by atoms with Crippen LogP contribution in [0.25, 0.3) is 10.6 Å². The van der Waals surface area contributed by atoms with Gasteiger partial charge in [0.05, 0.1) is 29.0 Å². The van der Waals surface area contributed by atoms with Crippen molar-refractivity contribution in [2.45, 2.75) is 60.1 Å². The molecular formula is C19H29N3O2S. The molecule has 0 aliphatic rings. The van der Waals surface area contributed by atoms with Crippen molar-refractivity contribution in [2.24, 2.45) is 0 Å². The van der Waals surface area contributed by atoms with E-state index in [1.165, 1.54) is 0 Å². The SMILES string of the molecule is CC.CCc1cc(-c2ccc(CNC(=O)OC(C)(C)C)s2)ncc1N. The van der Waals surface area contributed by atoms with Gasteiger partial charge in [-0.05, 0) is 51.0 Å². The van der Waals surface area contributed by atoms with Crippen LogP contribution in [0.15, 0.2) is 24.4 Å². The largest absolute Gasteiger partial charge is 0.444 e. The lowest BCUT2D eigenvalue weighted by molar-refractivity contribution is 0.0524. The van der Waals surface area contributed by atoms with Crippen molar-refractivity contribution in [1.82, 2.24) is 10.3 Å². The molecule has 5 nitrogen and oxygen atoms in total. The van der Waals surface area contributed by atoms with Gasteiger partial charge in [-0.25, -0.2) is 4.79 Å². The minimum absolute atomic E-state index is 0.411. The Kier molecular flexibility index (Phi) is 7.90. The van der Waals surface area contributed by atoms with Gasteiger partial charge < -0.3 is 15.8 Å². The fourth-order valence-corrected chi connectivity index (χ4v) is 2.95. The number of amides is 1. The fraction of sp³-hybridized carbons (Fsp3) is 0.474. The van der Waals surface area contributed by atoms with Gasteiger partial charge in [0.25, 0.3) is 0 Å². The molecule has 0 aliphatic carbocycles. The number of ether oxygens (including phenoxy) is 1. The summed E-state index contributed by atoms with van der Waals surface area (Å²) in [6.07, 6.45) is 2.16. The predicted molar refractivity (Wildman–Crippen MR) is 106 cm³/mol. The summed E-state index contributed by atoms with van der Waals surface area (Å²) in [6, 6.07) is 6.02. The Hall–Kier alpha value is -2.08. The molecule has 2 aromatic rings. The fourth-order valence-electron chi connectivity index (χ4n) is 2.03. The van der Waals surface area contributed by atoms with Crippen molar-refractivity contribution in [3.63, 3.8) is 0 Å². The molecule has 0 unspecified atom stereocenters. The third kappa shape index (κ3) is 6.74. The Balaban J connectivity index is 0.00000151. The summed E-state index contributed by atoms with van der Waals surface area (Å²) in [7, 11) is 0. The summed E-state index contributed by atoms with van der Waals surface area (Å²) in [5.74, 6) is 0. The number of alkyl carbamates (subject to hydrolysis) is 1. The average molecular weight is 364 g/mol. The zero-order valence-corrected chi connectivity index (χ0v) is 16.8. The summed E-state index contributed by atoms with van der Waals surface area (Å²) in [5, 5.41) is 2.76. The van der Waals surface area contributed by atoms with Gasteiger partial charge in [-0.2, -0.15) is 0 Å². The van der Waals surface area contributed by atoms with Gasteiger partial charge in [-0.15, -0.1) is 11.3 Å². The monoisotopic (exact) mass is 363 g/mol. The van der Waals surface area contributed by atoms with E-state index in [0.29, 0.717) is 6.54 Å². The second kappa shape index (κ2) is 9.42. The Morgan fingerprint density at radius 2 is 2.00 bits per heavy atom. The van der Waals surface area contributed by atoms with Crippen molar-refractivity contribution in [3.8, 4) is 10.6 Å². The van der Waals surface area contributed by atoms with Crippen molar-refractivity contribution in [2.75, 3.05) is 5.73 Å². The number of hydrogen-bond acceptors (Lipinski definition) is 5. The van der Waals surface area contributed by atoms with E-state index in [4.69, 9.17) is 10.5 Å². The Morgan fingerprint density at radius 3 is 2.60 bits per heavy atom. The minimum Gasteiger partial charge on any atom is -0.444 e. The van der Waals surface area contributed by atoms with Crippen LogP contribution in [0.2, 0.25) is 0 Å². The molecule has 2 rings (SSSR count). The van der Waals surface area contributed by atoms with Crippen molar-refractivity contribution >= 4 is 23.1 Å². The van der Waals surface area contributed by atoms with Crippen LogP contribution in [0.5, 0.6) is 0 Å². The van der Waals surface area contributed by atoms with Gasteiger partial charge in [0.15, 0.2) is 0 Å². The lowest BCUT2D eigenvalue weighted by Crippen LogP contribution is -2.31. The molecule has 0 spiro atoms. The van der Waals surface area contributed by atoms with E-state index in [-0.39, 0.29) is 0 Å². The molecule has 2 aromatic heterocycles. The number of carbonyl (C=O) groups excluding carboxylic acids is 1. The highest BCUT2D eigenvalue weighted by atomic mass is 32.1. The quantitative estimate of drug-likeness (QED) is 0.801. The molecule has 0 fully saturated rings. The summed E-state index contributed by atoms with van der Waals surface area (Å²) >= 11 is 1.60. The van der Waals surface area contributed by atoms with E-state index in [1.54, 1.807) is 17.5 Å². The summed E-state index contributed by atoms with van der Waals surface area (Å²) in [5.41, 5.74) is 8.13. The van der Waals surface area contributed by atoms with Crippen LogP contribution in [0.1, 0.15) is 52.0 Å². The number of nitrogens with two attached hydrogens (primary N) is 1. The molecule has 1 amide bonds. The molecule has 0 aliphatic heterocycles. The summed E-state index contributed by atoms with van der Waals surface area (Å²) in [4.78, 5) is 18.2. The number of aryl methyl sites for hydroxylation is 1. The number of thiophene rings is 1. The number of nitrogens with one attached hydrogen (secondary N) is 1. The Labute approximate surface area is 154 Å². The average Bonchev–Trinajstić information content (AvgIpc) is 3.03. The van der Waals surface area contributed by atoms with Crippen molar-refractivity contribution < 1.29 is 9.53 Å². The predicted octanol–water partition coefficient (Wildman–Crippen LogP) is 5.01. The normalized spacial score (nSPS) is 10.6. The smallest absolute Gasteiger partial charge is 0.407 e. The third-order valence-corrected chi connectivity index (χ3v) is 4.23. The van der Waals surface area contributed by atoms with Crippen molar-refractivity contribution in [3.05, 3.63) is 34.8 Å². The van der Waals surface area contributed by atoms with Crippen LogP contribution in [0, 0.1) is 0 Å². The first-order valence-corrected chi connectivity index (χ1v) is 9.40. The first-order chi connectivity index (χ1) is 11.8. The summed E-state index contributed by atoms with van der Waals surface area (Å²) < 4.78 is 5.22. The molecule has 138 valence electrons. The number of anilines is 1. The molecule has 0 saturated carbocycles. The highest BCUT2D eigenvalue weighted by Gasteiger charge is 2.16. The zero-order valence-electron chi connectivity index (χ0n) is 16.0. The van der Waals surface area contributed by atoms with Gasteiger partial charge >= 0.3 is 6.09 Å². The lowest BCUT2D eigenvalue weighted by Gasteiger charge is -2.19. The van der Waals surface area contributed by atoms with E-state index >= 15 is 0 Å². The number of pyridine rings is 1. The van der Waals surface area contributed by atoms with Crippen LogP contribution in [-0.4, -0.2) is 16.7 Å². The molecule has 0 radical (unpaired) electrons. The number of nitrogens with zero attached hydrogens (tertiary/aromatic N) is 1. The van der Waals surface area contributed by atoms with Gasteiger partial charge in [0.2, 0.25) is 0 Å². The second-order valence-electron chi connectivity index (χ2n) is 6.24. The lowest BCUT2D eigenvalue weighted by atomic mass is 10.1. The number of nitrogen functional groups attached to an aromatic ring is 1. The Bertz CT molecular complexity index is 690. The van der Waals surface area contributed by atoms with Gasteiger partial charge in [-0.1, -0.05) is 20.8 Å². The number of aromatic nitrogens is 1. The van der Waals surface area contributed by atoms with Crippen LogP contribution < -0.4 is 11.1 Å². The minimum atomic E-state index is -0.491. The van der Waals surface area contributed by atoms with Crippen LogP contribution in [-0.2, 0) is 17.7 Å². The van der Waals surface area contributed by atoms with E-state index in [9.17, 15) is 4.79 Å². The standard InChI is InChI=1S/C17H23N3O2S.C2H6/c1-5-11-8-14(19-10-13(11)18)15-7-6-12(23-15)9-20-16(21)22-17(2,3)4;1-2/h6-8,10H,5,9,18H2,1-4H3,(H,20,21);1-2H3. The first-order valence-electron chi connectivity index (χ1n) is 8.59. The van der Waals surface area contributed by atoms with Gasteiger partial charge in [-0.3, -0.25) is 4.98 Å². The highest BCUT2D eigenvalue weighted by molar-refractivity contribution is 7.15. The third-order valence-electron chi connectivity index (χ3n) is 3.13. The molecule has 2 heterocycles. The van der Waals surface area contributed by atoms with Gasteiger partial charge in [0, 0.05) is 4.88 Å². The molecule has 0 aromatic carbocycles. The number of rotatable bonds is 4. The molecule has 0 saturated heterocycles. The van der Waals surface area contributed by atoms with Crippen LogP contribution in [0.4, 0.5) is 10.5 Å². The first kappa shape index (κ1) is 21.0. The Morgan fingerprint density at radius 1 is 1.32 bits per heavy atom. The second-order valence-corrected chi connectivity index (χ2v) is 7.41. The van der Waals surface area contributed by atoms with Crippen molar-refractivity contribution in [1.29, 1.82) is 0 Å². The van der Waals surface area contributed by atoms with Crippen LogP contribution in [0.3, 0.4) is 0 Å². The van der Waals surface area contributed by atoms with Crippen LogP contribution >= 0.6 is 11.3 Å². The number of carbonyl (C=O) groups is 1. The molecule has 3 N–H and O–H groups in total. The van der Waals surface area contributed by atoms with E-state index in [1.807, 2.05) is 52.8 Å². The molecule has 0 atom stereocenters. The molecule has 6 heteroatoms. The van der Waals surface area contributed by atoms with Gasteiger partial charge in [0.1, 0.15) is 5.60 Å². The highest BCUT2D eigenvalue weighted by Crippen LogP contribution is 2.28. The summed E-state index contributed by atoms with van der Waals surface area (Å²) in [6.45, 7) is 12.0. The molecule has 25 heavy (non-hydrogen) atoms. The van der Waals surface area contributed by atoms with E-state index in [2.05, 4.69) is 17.2 Å². The maximum atomic E-state index is 11.7. The maximum absolute atomic E-state index is 11.7. The van der Waals surface area contributed by atoms with E-state index in [0.717, 1.165) is 33.1 Å². The van der Waals surface area contributed by atoms with E-state index < -0.39 is 11.7 Å².